The van der Waals surface area contributed by atoms with Crippen LogP contribution < -0.4 is 21.9 Å². The molecule has 0 saturated carbocycles. The van der Waals surface area contributed by atoms with Gasteiger partial charge >= 0.3 is 0 Å². The molecule has 5 heteroatoms. The second kappa shape index (κ2) is 7.08. The van der Waals surface area contributed by atoms with Crippen molar-refractivity contribution >= 4 is 11.4 Å². The number of hydrogen-bond donors (Lipinski definition) is 3. The van der Waals surface area contributed by atoms with Crippen LogP contribution in [-0.2, 0) is 0 Å². The van der Waals surface area contributed by atoms with Crippen molar-refractivity contribution in [2.45, 2.75) is 38.6 Å². The van der Waals surface area contributed by atoms with Gasteiger partial charge in [-0.1, -0.05) is 13.8 Å². The molecule has 0 aromatic heterocycles. The Kier molecular flexibility index (Phi) is 6.51. The second-order valence-corrected chi connectivity index (χ2v) is 4.47. The van der Waals surface area contributed by atoms with Gasteiger partial charge in [0.15, 0.2) is 0 Å². The number of rotatable bonds is 6. The fourth-order valence-electron chi connectivity index (χ4n) is 1.64. The minimum absolute atomic E-state index is 0. The Balaban J connectivity index is 0.00000289. The third-order valence-electron chi connectivity index (χ3n) is 3.30. The highest BCUT2D eigenvalue weighted by Crippen LogP contribution is 2.25. The van der Waals surface area contributed by atoms with Crippen molar-refractivity contribution in [1.29, 1.82) is 0 Å². The summed E-state index contributed by atoms with van der Waals surface area (Å²) in [6, 6.07) is 5.25. The molecule has 0 aliphatic heterocycles. The molecule has 0 fully saturated rings. The molecule has 1 rings (SSSR count). The zero-order valence-corrected chi connectivity index (χ0v) is 11.2. The van der Waals surface area contributed by atoms with Crippen molar-refractivity contribution in [2.75, 3.05) is 18.1 Å². The lowest BCUT2D eigenvalue weighted by molar-refractivity contribution is 0.248. The average Bonchev–Trinajstić information content (AvgIpc) is 2.33. The Morgan fingerprint density at radius 2 is 1.78 bits per heavy atom. The number of benzene rings is 1. The van der Waals surface area contributed by atoms with Crippen molar-refractivity contribution in [2.24, 2.45) is 5.73 Å². The molecular formula is C13H25N3O2. The van der Waals surface area contributed by atoms with Gasteiger partial charge in [0.25, 0.3) is 0 Å². The van der Waals surface area contributed by atoms with E-state index in [0.717, 1.165) is 19.3 Å². The van der Waals surface area contributed by atoms with E-state index in [1.165, 1.54) is 0 Å². The fraction of sp³-hybridized carbons (Fsp3) is 0.538. The van der Waals surface area contributed by atoms with Gasteiger partial charge in [0.2, 0.25) is 0 Å². The Hall–Kier alpha value is -1.46. The van der Waals surface area contributed by atoms with Crippen LogP contribution in [0.3, 0.4) is 0 Å². The van der Waals surface area contributed by atoms with E-state index in [-0.39, 0.29) is 11.0 Å². The molecule has 0 spiro atoms. The highest BCUT2D eigenvalue weighted by molar-refractivity contribution is 5.59. The molecule has 5 nitrogen and oxygen atoms in total. The average molecular weight is 255 g/mol. The number of nitrogens with two attached hydrogens (primary N) is 3. The lowest BCUT2D eigenvalue weighted by Crippen LogP contribution is -2.39. The van der Waals surface area contributed by atoms with E-state index < -0.39 is 0 Å². The van der Waals surface area contributed by atoms with Gasteiger partial charge in [-0.15, -0.1) is 0 Å². The quantitative estimate of drug-likeness (QED) is 0.664. The molecule has 0 unspecified atom stereocenters. The van der Waals surface area contributed by atoms with Crippen LogP contribution in [0.4, 0.5) is 11.4 Å². The summed E-state index contributed by atoms with van der Waals surface area (Å²) in [5, 5.41) is 0. The molecule has 0 bridgehead atoms. The molecule has 0 radical (unpaired) electrons. The zero-order chi connectivity index (χ0) is 12.9. The largest absolute Gasteiger partial charge is 0.491 e. The highest BCUT2D eigenvalue weighted by Gasteiger charge is 2.19. The zero-order valence-electron chi connectivity index (χ0n) is 11.2. The SMILES string of the molecule is CCC(N)(CC)CCOc1cc(N)ccc1N.O. The molecule has 0 heterocycles. The predicted molar refractivity (Wildman–Crippen MR) is 76.5 cm³/mol. The molecule has 104 valence electrons. The Morgan fingerprint density at radius 1 is 1.17 bits per heavy atom. The third-order valence-corrected chi connectivity index (χ3v) is 3.30. The van der Waals surface area contributed by atoms with E-state index in [2.05, 4.69) is 13.8 Å². The lowest BCUT2D eigenvalue weighted by atomic mass is 9.91. The van der Waals surface area contributed by atoms with Crippen molar-refractivity contribution < 1.29 is 10.2 Å². The highest BCUT2D eigenvalue weighted by atomic mass is 16.5. The van der Waals surface area contributed by atoms with Crippen LogP contribution in [-0.4, -0.2) is 17.6 Å². The molecule has 0 aliphatic carbocycles. The monoisotopic (exact) mass is 255 g/mol. The van der Waals surface area contributed by atoms with Crippen molar-refractivity contribution in [1.82, 2.24) is 0 Å². The summed E-state index contributed by atoms with van der Waals surface area (Å²) in [4.78, 5) is 0. The van der Waals surface area contributed by atoms with E-state index in [1.807, 2.05) is 0 Å². The normalized spacial score (nSPS) is 10.8. The number of nitrogen functional groups attached to an aromatic ring is 2. The maximum absolute atomic E-state index is 6.19. The topological polar surface area (TPSA) is 119 Å². The Morgan fingerprint density at radius 3 is 2.33 bits per heavy atom. The minimum Gasteiger partial charge on any atom is -0.491 e. The second-order valence-electron chi connectivity index (χ2n) is 4.47. The van der Waals surface area contributed by atoms with Gasteiger partial charge < -0.3 is 27.4 Å². The number of anilines is 2. The summed E-state index contributed by atoms with van der Waals surface area (Å²) in [6.07, 6.45) is 2.70. The van der Waals surface area contributed by atoms with E-state index in [9.17, 15) is 0 Å². The minimum atomic E-state index is -0.144. The van der Waals surface area contributed by atoms with Crippen LogP contribution in [0.1, 0.15) is 33.1 Å². The molecule has 8 N–H and O–H groups in total. The summed E-state index contributed by atoms with van der Waals surface area (Å²) in [5.41, 5.74) is 18.8. The molecule has 0 aliphatic rings. The summed E-state index contributed by atoms with van der Waals surface area (Å²) < 4.78 is 5.63. The maximum Gasteiger partial charge on any atom is 0.144 e. The van der Waals surface area contributed by atoms with Crippen LogP contribution in [0.2, 0.25) is 0 Å². The van der Waals surface area contributed by atoms with Crippen molar-refractivity contribution in [3.05, 3.63) is 18.2 Å². The van der Waals surface area contributed by atoms with Gasteiger partial charge in [0, 0.05) is 17.3 Å². The molecule has 1 aromatic rings. The molecule has 18 heavy (non-hydrogen) atoms. The first kappa shape index (κ1) is 16.5. The summed E-state index contributed by atoms with van der Waals surface area (Å²) in [7, 11) is 0. The Bertz CT molecular complexity index is 365. The summed E-state index contributed by atoms with van der Waals surface area (Å²) in [5.74, 6) is 0.638. The van der Waals surface area contributed by atoms with Crippen LogP contribution in [0, 0.1) is 0 Å². The molecule has 0 amide bonds. The molecular weight excluding hydrogens is 230 g/mol. The van der Waals surface area contributed by atoms with Gasteiger partial charge in [0.1, 0.15) is 5.75 Å². The van der Waals surface area contributed by atoms with E-state index >= 15 is 0 Å². The van der Waals surface area contributed by atoms with Gasteiger partial charge in [0.05, 0.1) is 12.3 Å². The standard InChI is InChI=1S/C13H23N3O.H2O/c1-3-13(16,4-2)7-8-17-12-9-10(14)5-6-11(12)15;/h5-6,9H,3-4,7-8,14-16H2,1-2H3;1H2. The molecule has 0 saturated heterocycles. The lowest BCUT2D eigenvalue weighted by Gasteiger charge is -2.26. The van der Waals surface area contributed by atoms with Gasteiger partial charge in [-0.3, -0.25) is 0 Å². The Labute approximate surface area is 109 Å². The first-order valence-electron chi connectivity index (χ1n) is 6.07. The van der Waals surface area contributed by atoms with Crippen molar-refractivity contribution in [3.63, 3.8) is 0 Å². The third kappa shape index (κ3) is 4.43. The summed E-state index contributed by atoms with van der Waals surface area (Å²) >= 11 is 0. The first-order valence-corrected chi connectivity index (χ1v) is 6.07. The van der Waals surface area contributed by atoms with Crippen LogP contribution >= 0.6 is 0 Å². The molecule has 0 atom stereocenters. The first-order chi connectivity index (χ1) is 8.00. The number of hydrogen-bond acceptors (Lipinski definition) is 4. The molecule has 1 aromatic carbocycles. The van der Waals surface area contributed by atoms with Crippen molar-refractivity contribution in [3.8, 4) is 5.75 Å². The van der Waals surface area contributed by atoms with Gasteiger partial charge in [-0.05, 0) is 31.4 Å². The van der Waals surface area contributed by atoms with Gasteiger partial charge in [-0.25, -0.2) is 0 Å². The predicted octanol–water partition coefficient (Wildman–Crippen LogP) is 1.31. The maximum atomic E-state index is 6.19. The fourth-order valence-corrected chi connectivity index (χ4v) is 1.64. The smallest absolute Gasteiger partial charge is 0.144 e. The van der Waals surface area contributed by atoms with Crippen LogP contribution in [0.25, 0.3) is 0 Å². The van der Waals surface area contributed by atoms with Gasteiger partial charge in [-0.2, -0.15) is 0 Å². The van der Waals surface area contributed by atoms with Crippen LogP contribution in [0.5, 0.6) is 5.75 Å². The number of ether oxygens (including phenoxy) is 1. The van der Waals surface area contributed by atoms with E-state index in [4.69, 9.17) is 21.9 Å². The van der Waals surface area contributed by atoms with Crippen LogP contribution in [0.15, 0.2) is 18.2 Å². The summed E-state index contributed by atoms with van der Waals surface area (Å²) in [6.45, 7) is 4.75. The van der Waals surface area contributed by atoms with E-state index in [0.29, 0.717) is 23.7 Å². The van der Waals surface area contributed by atoms with E-state index in [1.54, 1.807) is 18.2 Å².